The summed E-state index contributed by atoms with van der Waals surface area (Å²) >= 11 is 0. The molecule has 4 unspecified atom stereocenters. The van der Waals surface area contributed by atoms with Crippen LogP contribution in [0.5, 0.6) is 0 Å². The Bertz CT molecular complexity index is 1020. The Morgan fingerprint density at radius 2 is 1.69 bits per heavy atom. The van der Waals surface area contributed by atoms with E-state index in [2.05, 4.69) is 34.8 Å². The quantitative estimate of drug-likeness (QED) is 0.142. The van der Waals surface area contributed by atoms with Crippen LogP contribution in [0.25, 0.3) is 0 Å². The number of ketones is 1. The maximum Gasteiger partial charge on any atom is 0.315 e. The Morgan fingerprint density at radius 3 is 2.24 bits per heavy atom. The Morgan fingerprint density at radius 1 is 1.02 bits per heavy atom. The van der Waals surface area contributed by atoms with Crippen molar-refractivity contribution in [3.05, 3.63) is 12.7 Å². The first-order valence-corrected chi connectivity index (χ1v) is 16.9. The number of rotatable bonds is 17. The zero-order valence-corrected chi connectivity index (χ0v) is 28.7. The van der Waals surface area contributed by atoms with Crippen LogP contribution in [-0.2, 0) is 23.9 Å². The van der Waals surface area contributed by atoms with Gasteiger partial charge in [0.15, 0.2) is 0 Å². The summed E-state index contributed by atoms with van der Waals surface area (Å²) in [5, 5.41) is 11.4. The molecule has 1 aliphatic carbocycles. The van der Waals surface area contributed by atoms with Crippen molar-refractivity contribution in [2.24, 2.45) is 23.2 Å². The summed E-state index contributed by atoms with van der Waals surface area (Å²) < 4.78 is 5.30. The van der Waals surface area contributed by atoms with E-state index < -0.39 is 47.2 Å². The number of carbonyl (C=O) groups is 5. The van der Waals surface area contributed by atoms with Gasteiger partial charge >= 0.3 is 6.03 Å². The molecule has 256 valence electrons. The molecule has 5 atom stereocenters. The maximum atomic E-state index is 14.6. The number of hydrogen-bond donors (Lipinski definition) is 4. The lowest BCUT2D eigenvalue weighted by atomic mass is 9.70. The van der Waals surface area contributed by atoms with Crippen molar-refractivity contribution < 1.29 is 28.7 Å². The number of ether oxygens (including phenoxy) is 1. The van der Waals surface area contributed by atoms with Gasteiger partial charge in [-0.1, -0.05) is 79.7 Å². The van der Waals surface area contributed by atoms with Gasteiger partial charge < -0.3 is 30.9 Å². The summed E-state index contributed by atoms with van der Waals surface area (Å²) in [7, 11) is 1.59. The van der Waals surface area contributed by atoms with Crippen molar-refractivity contribution in [3.8, 4) is 0 Å². The second-order valence-corrected chi connectivity index (χ2v) is 13.8. The number of nitrogens with zero attached hydrogens (tertiary/aromatic N) is 1. The SMILES string of the molecule is C=CCNC(=O)C(=O)C(CCCC)NC(=O)C1[C@@H](C(C)C)CCN1C(=O)C(NC(=O)NC(COC)C(C)C)C1(C)CCCCC1. The van der Waals surface area contributed by atoms with E-state index in [0.717, 1.165) is 38.5 Å². The summed E-state index contributed by atoms with van der Waals surface area (Å²) in [6, 6.07) is -3.34. The van der Waals surface area contributed by atoms with Gasteiger partial charge in [0, 0.05) is 20.2 Å². The van der Waals surface area contributed by atoms with Crippen molar-refractivity contribution in [2.45, 2.75) is 123 Å². The fourth-order valence-corrected chi connectivity index (χ4v) is 6.71. The average molecular weight is 634 g/mol. The van der Waals surface area contributed by atoms with Gasteiger partial charge in [-0.3, -0.25) is 19.2 Å². The molecule has 1 saturated heterocycles. The summed E-state index contributed by atoms with van der Waals surface area (Å²) in [5.74, 6) is -2.16. The number of urea groups is 1. The first-order chi connectivity index (χ1) is 21.3. The van der Waals surface area contributed by atoms with Crippen molar-refractivity contribution in [1.82, 2.24) is 26.2 Å². The average Bonchev–Trinajstić information content (AvgIpc) is 3.46. The smallest absolute Gasteiger partial charge is 0.315 e. The van der Waals surface area contributed by atoms with Gasteiger partial charge in [-0.25, -0.2) is 4.79 Å². The summed E-state index contributed by atoms with van der Waals surface area (Å²) in [4.78, 5) is 69.3. The van der Waals surface area contributed by atoms with Crippen LogP contribution in [0.3, 0.4) is 0 Å². The van der Waals surface area contributed by atoms with Crippen LogP contribution in [0.1, 0.15) is 99.3 Å². The van der Waals surface area contributed by atoms with Crippen molar-refractivity contribution in [2.75, 3.05) is 26.8 Å². The summed E-state index contributed by atoms with van der Waals surface area (Å²) in [6.07, 6.45) is 8.39. The Labute approximate surface area is 270 Å². The molecule has 0 spiro atoms. The first-order valence-electron chi connectivity index (χ1n) is 16.9. The topological polar surface area (TPSA) is 146 Å². The van der Waals surface area contributed by atoms with Crippen LogP contribution in [0, 0.1) is 23.2 Å². The van der Waals surface area contributed by atoms with E-state index in [1.54, 1.807) is 12.0 Å². The molecular formula is C34H59N5O6. The monoisotopic (exact) mass is 633 g/mol. The molecule has 0 aromatic rings. The minimum atomic E-state index is -1.00. The molecule has 5 amide bonds. The van der Waals surface area contributed by atoms with Crippen molar-refractivity contribution in [1.29, 1.82) is 0 Å². The largest absolute Gasteiger partial charge is 0.383 e. The standard InChI is InChI=1S/C34H59N5O6/c1-9-11-15-25(28(40)31(42)35-19-10-2)36-30(41)27-24(22(3)4)16-20-39(27)32(43)29(34(7)17-13-12-14-18-34)38-33(44)37-26(21-45-8)23(5)6/h10,22-27,29H,2,9,11-21H2,1,3-8H3,(H,35,42)(H,36,41)(H2,37,38,44)/t24-,25?,26?,27?,29?/m1/s1. The number of nitrogens with one attached hydrogen (secondary N) is 4. The Kier molecular flexibility index (Phi) is 15.5. The number of hydrogen-bond acceptors (Lipinski definition) is 6. The molecule has 45 heavy (non-hydrogen) atoms. The minimum absolute atomic E-state index is 0.0834. The second-order valence-electron chi connectivity index (χ2n) is 13.8. The van der Waals surface area contributed by atoms with E-state index in [-0.39, 0.29) is 36.2 Å². The van der Waals surface area contributed by atoms with Gasteiger partial charge in [-0.15, -0.1) is 6.58 Å². The molecule has 2 aliphatic rings. The van der Waals surface area contributed by atoms with E-state index in [0.29, 0.717) is 32.4 Å². The zero-order chi connectivity index (χ0) is 33.7. The van der Waals surface area contributed by atoms with Gasteiger partial charge in [0.25, 0.3) is 5.91 Å². The Balaban J connectivity index is 2.40. The number of amides is 5. The van der Waals surface area contributed by atoms with Gasteiger partial charge in [-0.2, -0.15) is 0 Å². The van der Waals surface area contributed by atoms with Crippen molar-refractivity contribution in [3.63, 3.8) is 0 Å². The fraction of sp³-hybridized carbons (Fsp3) is 0.794. The van der Waals surface area contributed by atoms with Gasteiger partial charge in [-0.05, 0) is 48.9 Å². The van der Waals surface area contributed by atoms with Crippen LogP contribution in [-0.4, -0.2) is 85.4 Å². The van der Waals surface area contributed by atoms with Gasteiger partial charge in [0.2, 0.25) is 17.6 Å². The predicted octanol–water partition coefficient (Wildman–Crippen LogP) is 3.72. The lowest BCUT2D eigenvalue weighted by molar-refractivity contribution is -0.145. The molecule has 0 aromatic carbocycles. The number of carbonyl (C=O) groups excluding carboxylic acids is 5. The zero-order valence-electron chi connectivity index (χ0n) is 28.7. The van der Waals surface area contributed by atoms with E-state index in [1.165, 1.54) is 6.08 Å². The van der Waals surface area contributed by atoms with Crippen LogP contribution in [0.15, 0.2) is 12.7 Å². The van der Waals surface area contributed by atoms with Gasteiger partial charge in [0.05, 0.1) is 18.7 Å². The molecular weight excluding hydrogens is 574 g/mol. The molecule has 2 fully saturated rings. The lowest BCUT2D eigenvalue weighted by Gasteiger charge is -2.43. The Hall–Kier alpha value is -2.95. The molecule has 1 saturated carbocycles. The molecule has 0 radical (unpaired) electrons. The summed E-state index contributed by atoms with van der Waals surface area (Å²) in [6.45, 7) is 16.5. The first kappa shape index (κ1) is 38.2. The third-order valence-electron chi connectivity index (χ3n) is 9.65. The molecule has 1 heterocycles. The van der Waals surface area contributed by atoms with E-state index in [9.17, 15) is 24.0 Å². The minimum Gasteiger partial charge on any atom is -0.383 e. The molecule has 2 rings (SSSR count). The highest BCUT2D eigenvalue weighted by Gasteiger charge is 2.49. The normalized spacial score (nSPS) is 21.5. The second kappa shape index (κ2) is 18.3. The summed E-state index contributed by atoms with van der Waals surface area (Å²) in [5.41, 5.74) is -0.485. The number of Topliss-reactive ketones (excluding diaryl/α,β-unsaturated/α-hetero) is 1. The van der Waals surface area contributed by atoms with Crippen LogP contribution < -0.4 is 21.3 Å². The molecule has 4 N–H and O–H groups in total. The van der Waals surface area contributed by atoms with E-state index >= 15 is 0 Å². The number of likely N-dealkylation sites (tertiary alicyclic amines) is 1. The molecule has 0 bridgehead atoms. The maximum absolute atomic E-state index is 14.6. The molecule has 0 aromatic heterocycles. The fourth-order valence-electron chi connectivity index (χ4n) is 6.71. The highest BCUT2D eigenvalue weighted by atomic mass is 16.5. The number of methoxy groups -OCH3 is 1. The highest BCUT2D eigenvalue weighted by Crippen LogP contribution is 2.41. The predicted molar refractivity (Wildman–Crippen MR) is 175 cm³/mol. The molecule has 11 nitrogen and oxygen atoms in total. The van der Waals surface area contributed by atoms with Crippen LogP contribution in [0.4, 0.5) is 4.79 Å². The van der Waals surface area contributed by atoms with Crippen molar-refractivity contribution >= 4 is 29.5 Å². The highest BCUT2D eigenvalue weighted by molar-refractivity contribution is 6.38. The van der Waals surface area contributed by atoms with E-state index in [4.69, 9.17) is 4.74 Å². The van der Waals surface area contributed by atoms with Crippen LogP contribution in [0.2, 0.25) is 0 Å². The molecule has 1 aliphatic heterocycles. The molecule has 11 heteroatoms. The van der Waals surface area contributed by atoms with Gasteiger partial charge in [0.1, 0.15) is 12.1 Å². The van der Waals surface area contributed by atoms with E-state index in [1.807, 2.05) is 34.6 Å². The number of unbranched alkanes of at least 4 members (excludes halogenated alkanes) is 1. The third-order valence-corrected chi connectivity index (χ3v) is 9.65. The van der Waals surface area contributed by atoms with Crippen LogP contribution >= 0.6 is 0 Å². The lowest BCUT2D eigenvalue weighted by Crippen LogP contribution is -2.62. The third kappa shape index (κ3) is 10.5.